The van der Waals surface area contributed by atoms with Crippen molar-refractivity contribution in [1.82, 2.24) is 15.1 Å². The molecule has 8 heteroatoms. The van der Waals surface area contributed by atoms with Crippen molar-refractivity contribution in [3.63, 3.8) is 0 Å². The van der Waals surface area contributed by atoms with Crippen LogP contribution in [0.3, 0.4) is 0 Å². The number of methoxy groups -OCH3 is 3. The number of carbonyl (C=O) groups excluding carboxylic acids is 2. The second-order valence-electron chi connectivity index (χ2n) is 8.32. The number of nitrogens with one attached hydrogen (secondary N) is 1. The summed E-state index contributed by atoms with van der Waals surface area (Å²) in [6, 6.07) is 3.75. The molecule has 8 nitrogen and oxygen atoms in total. The van der Waals surface area contributed by atoms with Crippen molar-refractivity contribution in [2.75, 3.05) is 47.5 Å². The standard InChI is InChI=1S/C24H35N3O5/c1-17(24(29)25-19-7-5-6-8-19)26-11-13-27(14-12-26)22(28)10-9-18-15-20(30-2)23(32-4)21(16-18)31-3/h9-10,15-17,19H,5-8,11-14H2,1-4H3,(H,25,29). The molecule has 32 heavy (non-hydrogen) atoms. The molecule has 1 saturated heterocycles. The molecule has 2 fully saturated rings. The third-order valence-corrected chi connectivity index (χ3v) is 6.36. The molecule has 0 spiro atoms. The minimum Gasteiger partial charge on any atom is -0.493 e. The maximum absolute atomic E-state index is 12.7. The highest BCUT2D eigenvalue weighted by Crippen LogP contribution is 2.38. The summed E-state index contributed by atoms with van der Waals surface area (Å²) in [7, 11) is 4.67. The van der Waals surface area contributed by atoms with Crippen LogP contribution in [0.25, 0.3) is 6.08 Å². The third-order valence-electron chi connectivity index (χ3n) is 6.36. The fourth-order valence-corrected chi connectivity index (χ4v) is 4.36. The molecule has 2 amide bonds. The molecule has 0 aromatic heterocycles. The molecule has 1 aromatic rings. The van der Waals surface area contributed by atoms with Crippen LogP contribution in [-0.2, 0) is 9.59 Å². The average molecular weight is 446 g/mol. The first-order valence-electron chi connectivity index (χ1n) is 11.3. The van der Waals surface area contributed by atoms with Gasteiger partial charge in [0.25, 0.3) is 0 Å². The van der Waals surface area contributed by atoms with E-state index in [0.29, 0.717) is 49.5 Å². The lowest BCUT2D eigenvalue weighted by atomic mass is 10.1. The number of rotatable bonds is 8. The van der Waals surface area contributed by atoms with Gasteiger partial charge in [0.1, 0.15) is 0 Å². The highest BCUT2D eigenvalue weighted by molar-refractivity contribution is 5.92. The second-order valence-corrected chi connectivity index (χ2v) is 8.32. The van der Waals surface area contributed by atoms with Gasteiger partial charge in [-0.05, 0) is 43.5 Å². The number of ether oxygens (including phenoxy) is 3. The molecule has 1 saturated carbocycles. The number of carbonyl (C=O) groups is 2. The number of hydrogen-bond acceptors (Lipinski definition) is 6. The maximum atomic E-state index is 12.7. The van der Waals surface area contributed by atoms with Crippen molar-refractivity contribution in [1.29, 1.82) is 0 Å². The molecule has 3 rings (SSSR count). The summed E-state index contributed by atoms with van der Waals surface area (Å²) in [5.41, 5.74) is 0.781. The zero-order chi connectivity index (χ0) is 23.1. The molecular formula is C24H35N3O5. The predicted octanol–water partition coefficient (Wildman–Crippen LogP) is 2.32. The maximum Gasteiger partial charge on any atom is 0.246 e. The first kappa shape index (κ1) is 23.9. The molecule has 0 bridgehead atoms. The lowest BCUT2D eigenvalue weighted by Gasteiger charge is -2.37. The molecule has 1 aliphatic heterocycles. The van der Waals surface area contributed by atoms with Gasteiger partial charge in [0.15, 0.2) is 11.5 Å². The molecule has 2 aliphatic rings. The largest absolute Gasteiger partial charge is 0.493 e. The Morgan fingerprint density at radius 2 is 1.59 bits per heavy atom. The van der Waals surface area contributed by atoms with E-state index in [4.69, 9.17) is 14.2 Å². The Labute approximate surface area is 190 Å². The molecule has 1 aromatic carbocycles. The minimum atomic E-state index is -0.178. The fourth-order valence-electron chi connectivity index (χ4n) is 4.36. The number of piperazine rings is 1. The quantitative estimate of drug-likeness (QED) is 0.619. The van der Waals surface area contributed by atoms with Gasteiger partial charge in [0.05, 0.1) is 27.4 Å². The Kier molecular flexibility index (Phi) is 8.39. The Bertz CT molecular complexity index is 802. The summed E-state index contributed by atoms with van der Waals surface area (Å²) in [5, 5.41) is 3.17. The van der Waals surface area contributed by atoms with Crippen LogP contribution in [0, 0.1) is 0 Å². The van der Waals surface area contributed by atoms with Crippen molar-refractivity contribution in [2.45, 2.75) is 44.7 Å². The van der Waals surface area contributed by atoms with Crippen LogP contribution in [0.15, 0.2) is 18.2 Å². The van der Waals surface area contributed by atoms with Crippen LogP contribution in [0.1, 0.15) is 38.2 Å². The number of amides is 2. The first-order chi connectivity index (χ1) is 15.5. The highest BCUT2D eigenvalue weighted by atomic mass is 16.5. The van der Waals surface area contributed by atoms with E-state index in [-0.39, 0.29) is 17.9 Å². The van der Waals surface area contributed by atoms with E-state index in [1.807, 2.05) is 11.8 Å². The van der Waals surface area contributed by atoms with Crippen LogP contribution in [0.2, 0.25) is 0 Å². The minimum absolute atomic E-state index is 0.0542. The predicted molar refractivity (Wildman–Crippen MR) is 123 cm³/mol. The number of nitrogens with zero attached hydrogens (tertiary/aromatic N) is 2. The second kappa shape index (κ2) is 11.2. The molecule has 1 aliphatic carbocycles. The van der Waals surface area contributed by atoms with Gasteiger partial charge in [-0.25, -0.2) is 0 Å². The van der Waals surface area contributed by atoms with Gasteiger partial charge in [-0.2, -0.15) is 0 Å². The Morgan fingerprint density at radius 3 is 2.12 bits per heavy atom. The van der Waals surface area contributed by atoms with Crippen molar-refractivity contribution in [2.24, 2.45) is 0 Å². The molecule has 176 valence electrons. The first-order valence-corrected chi connectivity index (χ1v) is 11.3. The topological polar surface area (TPSA) is 80.3 Å². The van der Waals surface area contributed by atoms with Crippen molar-refractivity contribution in [3.8, 4) is 17.2 Å². The van der Waals surface area contributed by atoms with Gasteiger partial charge < -0.3 is 24.4 Å². The summed E-state index contributed by atoms with van der Waals surface area (Å²) >= 11 is 0. The van der Waals surface area contributed by atoms with Crippen LogP contribution in [0.4, 0.5) is 0 Å². The smallest absolute Gasteiger partial charge is 0.246 e. The van der Waals surface area contributed by atoms with Gasteiger partial charge in [0.2, 0.25) is 17.6 Å². The molecular weight excluding hydrogens is 410 g/mol. The third kappa shape index (κ3) is 5.73. The van der Waals surface area contributed by atoms with Crippen molar-refractivity contribution < 1.29 is 23.8 Å². The van der Waals surface area contributed by atoms with Crippen LogP contribution < -0.4 is 19.5 Å². The molecule has 1 N–H and O–H groups in total. The lowest BCUT2D eigenvalue weighted by Crippen LogP contribution is -2.55. The number of hydrogen-bond donors (Lipinski definition) is 1. The van der Waals surface area contributed by atoms with E-state index in [0.717, 1.165) is 18.4 Å². The zero-order valence-electron chi connectivity index (χ0n) is 19.6. The van der Waals surface area contributed by atoms with Crippen LogP contribution in [0.5, 0.6) is 17.2 Å². The molecule has 1 atom stereocenters. The van der Waals surface area contributed by atoms with E-state index >= 15 is 0 Å². The van der Waals surface area contributed by atoms with E-state index in [9.17, 15) is 9.59 Å². The summed E-state index contributed by atoms with van der Waals surface area (Å²) in [6.07, 6.45) is 7.87. The lowest BCUT2D eigenvalue weighted by molar-refractivity contribution is -0.130. The van der Waals surface area contributed by atoms with Crippen LogP contribution >= 0.6 is 0 Å². The van der Waals surface area contributed by atoms with Gasteiger partial charge >= 0.3 is 0 Å². The molecule has 0 radical (unpaired) electrons. The van der Waals surface area contributed by atoms with Gasteiger partial charge in [-0.1, -0.05) is 12.8 Å². The Hall–Kier alpha value is -2.74. The Balaban J connectivity index is 1.54. The van der Waals surface area contributed by atoms with E-state index < -0.39 is 0 Å². The molecule has 1 heterocycles. The highest BCUT2D eigenvalue weighted by Gasteiger charge is 2.28. The van der Waals surface area contributed by atoms with Gasteiger partial charge in [0, 0.05) is 38.3 Å². The summed E-state index contributed by atoms with van der Waals surface area (Å²) < 4.78 is 16.1. The molecule has 1 unspecified atom stereocenters. The van der Waals surface area contributed by atoms with Gasteiger partial charge in [-0.15, -0.1) is 0 Å². The summed E-state index contributed by atoms with van der Waals surface area (Å²) in [5.74, 6) is 1.64. The zero-order valence-corrected chi connectivity index (χ0v) is 19.6. The monoisotopic (exact) mass is 445 g/mol. The number of benzene rings is 1. The van der Waals surface area contributed by atoms with Crippen LogP contribution in [-0.4, -0.2) is 81.2 Å². The van der Waals surface area contributed by atoms with Crippen molar-refractivity contribution >= 4 is 17.9 Å². The van der Waals surface area contributed by atoms with E-state index in [2.05, 4.69) is 10.2 Å². The fraction of sp³-hybridized carbons (Fsp3) is 0.583. The van der Waals surface area contributed by atoms with E-state index in [1.54, 1.807) is 45.6 Å². The summed E-state index contributed by atoms with van der Waals surface area (Å²) in [4.78, 5) is 29.2. The normalized spacial score (nSPS) is 18.6. The SMILES string of the molecule is COc1cc(C=CC(=O)N2CCN(C(C)C(=O)NC3CCCC3)CC2)cc(OC)c1OC. The average Bonchev–Trinajstić information content (AvgIpc) is 3.34. The van der Waals surface area contributed by atoms with E-state index in [1.165, 1.54) is 12.8 Å². The Morgan fingerprint density at radius 1 is 1.00 bits per heavy atom. The van der Waals surface area contributed by atoms with Crippen molar-refractivity contribution in [3.05, 3.63) is 23.8 Å². The van der Waals surface area contributed by atoms with Gasteiger partial charge in [-0.3, -0.25) is 14.5 Å². The summed E-state index contributed by atoms with van der Waals surface area (Å²) in [6.45, 7) is 4.51.